The van der Waals surface area contributed by atoms with E-state index in [1.54, 1.807) is 0 Å². The maximum Gasteiger partial charge on any atom is 0.356 e. The zero-order valence-corrected chi connectivity index (χ0v) is 24.5. The predicted molar refractivity (Wildman–Crippen MR) is 161 cm³/mol. The minimum absolute atomic E-state index is 0.0871. The highest BCUT2D eigenvalue weighted by molar-refractivity contribution is 8.00. The Morgan fingerprint density at radius 1 is 0.905 bits per heavy atom. The number of carbonyl (C=O) groups is 4. The molecule has 3 aromatic rings. The van der Waals surface area contributed by atoms with Crippen molar-refractivity contribution < 1.29 is 23.9 Å². The van der Waals surface area contributed by atoms with Gasteiger partial charge in [0.25, 0.3) is 11.8 Å². The molecule has 1 saturated heterocycles. The van der Waals surface area contributed by atoms with E-state index in [2.05, 4.69) is 10.6 Å². The standard InChI is InChI=1S/C33H33N3O5S/c1-33(2,3)35-29(38)24-20-42-31-26(34-25(37)19-21-13-7-4-8-14-21)30(39)36(31)27(24)32(40)41-28(22-15-9-5-10-16-22)23-17-11-6-12-18-23/h4-18,26,28,31H,19-20H2,1-3H3,(H,34,37)(H,35,38)/t26?,31-/m1/s1. The second-order valence-corrected chi connectivity index (χ2v) is 12.4. The summed E-state index contributed by atoms with van der Waals surface area (Å²) in [5.74, 6) is -1.80. The number of carbonyl (C=O) groups excluding carboxylic acids is 4. The van der Waals surface area contributed by atoms with E-state index in [4.69, 9.17) is 4.74 Å². The SMILES string of the molecule is CC(C)(C)NC(=O)C1=C(C(=O)OC(c2ccccc2)c2ccccc2)N2C(=O)C(NC(=O)Cc3ccccc3)[C@H]2SC1. The molecule has 216 valence electrons. The van der Waals surface area contributed by atoms with Gasteiger partial charge in [0.1, 0.15) is 17.1 Å². The lowest BCUT2D eigenvalue weighted by atomic mass is 10.00. The maximum absolute atomic E-state index is 14.0. The molecule has 0 bridgehead atoms. The van der Waals surface area contributed by atoms with E-state index in [9.17, 15) is 19.2 Å². The molecule has 9 heteroatoms. The van der Waals surface area contributed by atoms with Crippen molar-refractivity contribution in [2.45, 2.75) is 50.3 Å². The molecule has 8 nitrogen and oxygen atoms in total. The van der Waals surface area contributed by atoms with Crippen molar-refractivity contribution in [2.75, 3.05) is 5.75 Å². The molecule has 3 aromatic carbocycles. The molecule has 3 amide bonds. The van der Waals surface area contributed by atoms with Crippen molar-refractivity contribution in [3.63, 3.8) is 0 Å². The summed E-state index contributed by atoms with van der Waals surface area (Å²) in [6.07, 6.45) is -0.632. The molecule has 5 rings (SSSR count). The monoisotopic (exact) mass is 583 g/mol. The number of benzene rings is 3. The number of hydrogen-bond donors (Lipinski definition) is 2. The maximum atomic E-state index is 14.0. The van der Waals surface area contributed by atoms with Crippen molar-refractivity contribution in [3.8, 4) is 0 Å². The van der Waals surface area contributed by atoms with E-state index in [0.717, 1.165) is 16.7 Å². The van der Waals surface area contributed by atoms with Gasteiger partial charge in [-0.1, -0.05) is 91.0 Å². The quantitative estimate of drug-likeness (QED) is 0.305. The molecule has 0 radical (unpaired) electrons. The van der Waals surface area contributed by atoms with Crippen molar-refractivity contribution in [3.05, 3.63) is 119 Å². The molecular formula is C33H33N3O5S. The van der Waals surface area contributed by atoms with Crippen LogP contribution in [0.15, 0.2) is 102 Å². The van der Waals surface area contributed by atoms with Crippen LogP contribution in [0.3, 0.4) is 0 Å². The lowest BCUT2D eigenvalue weighted by Gasteiger charge is -2.49. The first kappa shape index (κ1) is 29.1. The van der Waals surface area contributed by atoms with Crippen LogP contribution in [-0.2, 0) is 30.3 Å². The van der Waals surface area contributed by atoms with E-state index >= 15 is 0 Å². The van der Waals surface area contributed by atoms with Gasteiger partial charge in [-0.2, -0.15) is 0 Å². The average molecular weight is 584 g/mol. The minimum Gasteiger partial charge on any atom is -0.448 e. The summed E-state index contributed by atoms with van der Waals surface area (Å²) in [5.41, 5.74) is 1.84. The van der Waals surface area contributed by atoms with Crippen molar-refractivity contribution in [2.24, 2.45) is 0 Å². The Balaban J connectivity index is 1.44. The van der Waals surface area contributed by atoms with E-state index in [0.29, 0.717) is 0 Å². The van der Waals surface area contributed by atoms with E-state index in [-0.39, 0.29) is 29.4 Å². The Bertz CT molecular complexity index is 1460. The number of ether oxygens (including phenoxy) is 1. The number of thioether (sulfide) groups is 1. The Hall–Kier alpha value is -4.37. The molecule has 0 spiro atoms. The highest BCUT2D eigenvalue weighted by Gasteiger charge is 2.55. The van der Waals surface area contributed by atoms with Gasteiger partial charge in [-0.05, 0) is 37.5 Å². The first-order valence-corrected chi connectivity index (χ1v) is 14.8. The molecular weight excluding hydrogens is 550 g/mol. The first-order chi connectivity index (χ1) is 20.1. The molecule has 0 saturated carbocycles. The summed E-state index contributed by atoms with van der Waals surface area (Å²) in [4.78, 5) is 55.0. The molecule has 2 aliphatic heterocycles. The second-order valence-electron chi connectivity index (χ2n) is 11.3. The van der Waals surface area contributed by atoms with Crippen LogP contribution < -0.4 is 10.6 Å². The van der Waals surface area contributed by atoms with Crippen LogP contribution >= 0.6 is 11.8 Å². The van der Waals surface area contributed by atoms with Crippen LogP contribution in [0.5, 0.6) is 0 Å². The summed E-state index contributed by atoms with van der Waals surface area (Å²) in [7, 11) is 0. The Labute approximate surface area is 249 Å². The number of rotatable bonds is 8. The Morgan fingerprint density at radius 2 is 1.45 bits per heavy atom. The lowest BCUT2D eigenvalue weighted by Crippen LogP contribution is -2.71. The normalized spacial score (nSPS) is 18.2. The molecule has 1 unspecified atom stereocenters. The summed E-state index contributed by atoms with van der Waals surface area (Å²) in [5, 5.41) is 5.19. The highest BCUT2D eigenvalue weighted by Crippen LogP contribution is 2.42. The summed E-state index contributed by atoms with van der Waals surface area (Å²) in [6, 6.07) is 27.0. The van der Waals surface area contributed by atoms with Crippen LogP contribution in [0.25, 0.3) is 0 Å². The number of amides is 3. The molecule has 2 aliphatic rings. The number of β-lactam (4-membered cyclic amide) rings is 1. The topological polar surface area (TPSA) is 105 Å². The van der Waals surface area contributed by atoms with Crippen molar-refractivity contribution >= 4 is 35.5 Å². The van der Waals surface area contributed by atoms with E-state index in [1.165, 1.54) is 16.7 Å². The average Bonchev–Trinajstić information content (AvgIpc) is 2.98. The summed E-state index contributed by atoms with van der Waals surface area (Å²) in [6.45, 7) is 5.53. The van der Waals surface area contributed by atoms with Gasteiger partial charge in [-0.25, -0.2) is 4.79 Å². The molecule has 2 N–H and O–H groups in total. The van der Waals surface area contributed by atoms with Gasteiger partial charge in [0.05, 0.1) is 12.0 Å². The van der Waals surface area contributed by atoms with E-state index < -0.39 is 40.8 Å². The van der Waals surface area contributed by atoms with Gasteiger partial charge in [0.15, 0.2) is 6.10 Å². The minimum atomic E-state index is -0.819. The van der Waals surface area contributed by atoms with Crippen molar-refractivity contribution in [1.29, 1.82) is 0 Å². The third kappa shape index (κ3) is 6.41. The van der Waals surface area contributed by atoms with Gasteiger partial charge < -0.3 is 15.4 Å². The van der Waals surface area contributed by atoms with Gasteiger partial charge in [0, 0.05) is 11.3 Å². The van der Waals surface area contributed by atoms with Crippen LogP contribution in [0.1, 0.15) is 43.6 Å². The summed E-state index contributed by atoms with van der Waals surface area (Å²) >= 11 is 1.33. The number of esters is 1. The molecule has 0 aromatic heterocycles. The summed E-state index contributed by atoms with van der Waals surface area (Å²) < 4.78 is 6.10. The fourth-order valence-corrected chi connectivity index (χ4v) is 6.29. The molecule has 2 heterocycles. The predicted octanol–water partition coefficient (Wildman–Crippen LogP) is 4.13. The number of nitrogens with one attached hydrogen (secondary N) is 2. The Kier molecular flexibility index (Phi) is 8.49. The van der Waals surface area contributed by atoms with Crippen LogP contribution in [0.4, 0.5) is 0 Å². The second kappa shape index (κ2) is 12.2. The number of fused-ring (bicyclic) bond motifs is 1. The lowest BCUT2D eigenvalue weighted by molar-refractivity contribution is -0.155. The smallest absolute Gasteiger partial charge is 0.356 e. The fraction of sp³-hybridized carbons (Fsp3) is 0.273. The molecule has 42 heavy (non-hydrogen) atoms. The van der Waals surface area contributed by atoms with Gasteiger partial charge >= 0.3 is 5.97 Å². The third-order valence-corrected chi connectivity index (χ3v) is 8.16. The Morgan fingerprint density at radius 3 is 2.00 bits per heavy atom. The van der Waals surface area contributed by atoms with Crippen LogP contribution in [0, 0.1) is 0 Å². The van der Waals surface area contributed by atoms with Crippen molar-refractivity contribution in [1.82, 2.24) is 15.5 Å². The zero-order chi connectivity index (χ0) is 29.9. The zero-order valence-electron chi connectivity index (χ0n) is 23.7. The largest absolute Gasteiger partial charge is 0.448 e. The highest BCUT2D eigenvalue weighted by atomic mass is 32.2. The van der Waals surface area contributed by atoms with Crippen LogP contribution in [-0.4, -0.2) is 51.3 Å². The van der Waals surface area contributed by atoms with Crippen LogP contribution in [0.2, 0.25) is 0 Å². The van der Waals surface area contributed by atoms with E-state index in [1.807, 2.05) is 112 Å². The third-order valence-electron chi connectivity index (χ3n) is 6.88. The van der Waals surface area contributed by atoms with Gasteiger partial charge in [-0.15, -0.1) is 11.8 Å². The number of nitrogens with zero attached hydrogens (tertiary/aromatic N) is 1. The van der Waals surface area contributed by atoms with Gasteiger partial charge in [-0.3, -0.25) is 19.3 Å². The number of hydrogen-bond acceptors (Lipinski definition) is 6. The molecule has 2 atom stereocenters. The van der Waals surface area contributed by atoms with Gasteiger partial charge in [0.2, 0.25) is 5.91 Å². The molecule has 0 aliphatic carbocycles. The molecule has 1 fully saturated rings. The fourth-order valence-electron chi connectivity index (χ4n) is 4.95. The first-order valence-electron chi connectivity index (χ1n) is 13.8.